The molecule has 0 unspecified atom stereocenters. The summed E-state index contributed by atoms with van der Waals surface area (Å²) in [5.74, 6) is 0.592. The fourth-order valence-electron chi connectivity index (χ4n) is 1.46. The van der Waals surface area contributed by atoms with E-state index in [1.165, 1.54) is 12.8 Å². The zero-order valence-corrected chi connectivity index (χ0v) is 9.81. The number of rotatable bonds is 8. The number of hydrogen-bond acceptors (Lipinski definition) is 2. The molecule has 0 aliphatic rings. The second-order valence-electron chi connectivity index (χ2n) is 3.25. The van der Waals surface area contributed by atoms with Crippen LogP contribution in [-0.4, -0.2) is 43.6 Å². The van der Waals surface area contributed by atoms with E-state index < -0.39 is 0 Å². The molecular formula is C10H22ClNO. The van der Waals surface area contributed by atoms with E-state index in [2.05, 4.69) is 25.8 Å². The first kappa shape index (κ1) is 13.2. The van der Waals surface area contributed by atoms with Crippen molar-refractivity contribution in [1.29, 1.82) is 0 Å². The van der Waals surface area contributed by atoms with Gasteiger partial charge < -0.3 is 9.64 Å². The monoisotopic (exact) mass is 207 g/mol. The minimum absolute atomic E-state index is 0.592. The van der Waals surface area contributed by atoms with E-state index in [4.69, 9.17) is 16.3 Å². The predicted molar refractivity (Wildman–Crippen MR) is 58.5 cm³/mol. The predicted octanol–water partition coefficient (Wildman–Crippen LogP) is 2.36. The van der Waals surface area contributed by atoms with Crippen molar-refractivity contribution in [2.45, 2.75) is 32.7 Å². The number of ether oxygens (including phenoxy) is 1. The van der Waals surface area contributed by atoms with Crippen LogP contribution in [0.2, 0.25) is 0 Å². The van der Waals surface area contributed by atoms with Gasteiger partial charge in [0.2, 0.25) is 0 Å². The van der Waals surface area contributed by atoms with Crippen molar-refractivity contribution in [3.63, 3.8) is 0 Å². The third kappa shape index (κ3) is 6.30. The van der Waals surface area contributed by atoms with Gasteiger partial charge in [-0.05, 0) is 19.9 Å². The van der Waals surface area contributed by atoms with Crippen LogP contribution in [0.4, 0.5) is 0 Å². The van der Waals surface area contributed by atoms with Crippen molar-refractivity contribution in [3.05, 3.63) is 0 Å². The van der Waals surface area contributed by atoms with Gasteiger partial charge in [-0.3, -0.25) is 0 Å². The summed E-state index contributed by atoms with van der Waals surface area (Å²) >= 11 is 5.50. The van der Waals surface area contributed by atoms with E-state index >= 15 is 0 Å². The molecule has 0 aromatic carbocycles. The van der Waals surface area contributed by atoms with E-state index in [0.717, 1.165) is 13.2 Å². The zero-order chi connectivity index (χ0) is 10.1. The molecule has 0 heterocycles. The molecule has 80 valence electrons. The number of hydrogen-bond donors (Lipinski definition) is 0. The molecule has 0 bridgehead atoms. The van der Waals surface area contributed by atoms with Crippen LogP contribution in [-0.2, 0) is 4.74 Å². The van der Waals surface area contributed by atoms with E-state index in [0.29, 0.717) is 18.5 Å². The maximum atomic E-state index is 5.50. The van der Waals surface area contributed by atoms with Crippen LogP contribution < -0.4 is 0 Å². The first-order valence-electron chi connectivity index (χ1n) is 5.10. The summed E-state index contributed by atoms with van der Waals surface area (Å²) in [6.45, 7) is 6.91. The Morgan fingerprint density at radius 2 is 1.85 bits per heavy atom. The Hall–Kier alpha value is 0.210. The lowest BCUT2D eigenvalue weighted by molar-refractivity contribution is 0.106. The Morgan fingerprint density at radius 1 is 1.23 bits per heavy atom. The SMILES string of the molecule is CCC(CC)N(C)CCOCCCl. The standard InChI is InChI=1S/C10H22ClNO/c1-4-10(5-2)12(3)7-9-13-8-6-11/h10H,4-9H2,1-3H3. The Morgan fingerprint density at radius 3 is 2.31 bits per heavy atom. The lowest BCUT2D eigenvalue weighted by Crippen LogP contribution is -2.33. The second-order valence-corrected chi connectivity index (χ2v) is 3.63. The first-order valence-corrected chi connectivity index (χ1v) is 5.63. The van der Waals surface area contributed by atoms with Crippen molar-refractivity contribution in [2.75, 3.05) is 32.7 Å². The molecule has 0 N–H and O–H groups in total. The van der Waals surface area contributed by atoms with E-state index in [1.807, 2.05) is 0 Å². The van der Waals surface area contributed by atoms with Crippen molar-refractivity contribution < 1.29 is 4.74 Å². The van der Waals surface area contributed by atoms with E-state index in [1.54, 1.807) is 0 Å². The molecule has 0 aliphatic carbocycles. The summed E-state index contributed by atoms with van der Waals surface area (Å²) in [7, 11) is 2.15. The maximum absolute atomic E-state index is 5.50. The van der Waals surface area contributed by atoms with Crippen molar-refractivity contribution in [1.82, 2.24) is 4.90 Å². The first-order chi connectivity index (χ1) is 6.26. The molecule has 0 spiro atoms. The highest BCUT2D eigenvalue weighted by molar-refractivity contribution is 6.17. The van der Waals surface area contributed by atoms with Crippen molar-refractivity contribution >= 4 is 11.6 Å². The van der Waals surface area contributed by atoms with Crippen LogP contribution in [0.5, 0.6) is 0 Å². The largest absolute Gasteiger partial charge is 0.379 e. The number of nitrogens with zero attached hydrogens (tertiary/aromatic N) is 1. The minimum Gasteiger partial charge on any atom is -0.379 e. The normalized spacial score (nSPS) is 11.5. The Labute approximate surface area is 87.2 Å². The Bertz CT molecular complexity index is 107. The van der Waals surface area contributed by atoms with Crippen molar-refractivity contribution in [2.24, 2.45) is 0 Å². The molecule has 0 atom stereocenters. The van der Waals surface area contributed by atoms with E-state index in [9.17, 15) is 0 Å². The summed E-state index contributed by atoms with van der Waals surface area (Å²) in [4.78, 5) is 2.36. The highest BCUT2D eigenvalue weighted by Gasteiger charge is 2.08. The van der Waals surface area contributed by atoms with Crippen LogP contribution in [0.3, 0.4) is 0 Å². The number of likely N-dealkylation sites (N-methyl/N-ethyl adjacent to an activating group) is 1. The van der Waals surface area contributed by atoms with Crippen LogP contribution in [0.25, 0.3) is 0 Å². The van der Waals surface area contributed by atoms with Gasteiger partial charge in [-0.1, -0.05) is 13.8 Å². The summed E-state index contributed by atoms with van der Waals surface area (Å²) in [6.07, 6.45) is 2.42. The van der Waals surface area contributed by atoms with Crippen LogP contribution in [0.15, 0.2) is 0 Å². The van der Waals surface area contributed by atoms with E-state index in [-0.39, 0.29) is 0 Å². The molecule has 0 fully saturated rings. The molecule has 0 saturated heterocycles. The van der Waals surface area contributed by atoms with Gasteiger partial charge >= 0.3 is 0 Å². The van der Waals surface area contributed by atoms with Crippen molar-refractivity contribution in [3.8, 4) is 0 Å². The Balaban J connectivity index is 3.42. The molecule has 0 rings (SSSR count). The van der Waals surface area contributed by atoms with Gasteiger partial charge in [0.15, 0.2) is 0 Å². The molecule has 2 nitrogen and oxygen atoms in total. The molecule has 0 aromatic heterocycles. The molecule has 3 heteroatoms. The average Bonchev–Trinajstić information content (AvgIpc) is 2.14. The zero-order valence-electron chi connectivity index (χ0n) is 9.05. The number of halogens is 1. The average molecular weight is 208 g/mol. The smallest absolute Gasteiger partial charge is 0.0602 e. The van der Waals surface area contributed by atoms with Gasteiger partial charge in [0.05, 0.1) is 13.2 Å². The maximum Gasteiger partial charge on any atom is 0.0602 e. The molecule has 0 aromatic rings. The van der Waals surface area contributed by atoms with Crippen LogP contribution >= 0.6 is 11.6 Å². The van der Waals surface area contributed by atoms with Gasteiger partial charge in [-0.25, -0.2) is 0 Å². The lowest BCUT2D eigenvalue weighted by Gasteiger charge is -2.25. The summed E-state index contributed by atoms with van der Waals surface area (Å²) in [5, 5.41) is 0. The van der Waals surface area contributed by atoms with Gasteiger partial charge in [0.1, 0.15) is 0 Å². The fraction of sp³-hybridized carbons (Fsp3) is 1.00. The second kappa shape index (κ2) is 8.79. The summed E-state index contributed by atoms with van der Waals surface area (Å²) in [6, 6.07) is 0.694. The third-order valence-corrected chi connectivity index (χ3v) is 2.53. The topological polar surface area (TPSA) is 12.5 Å². The summed E-state index contributed by atoms with van der Waals surface area (Å²) < 4.78 is 5.32. The number of alkyl halides is 1. The Kier molecular flexibility index (Phi) is 8.93. The highest BCUT2D eigenvalue weighted by Crippen LogP contribution is 2.04. The molecule has 0 radical (unpaired) electrons. The summed E-state index contributed by atoms with van der Waals surface area (Å²) in [5.41, 5.74) is 0. The third-order valence-electron chi connectivity index (χ3n) is 2.38. The molecule has 13 heavy (non-hydrogen) atoms. The molecule has 0 saturated carbocycles. The molecule has 0 amide bonds. The minimum atomic E-state index is 0.592. The van der Waals surface area contributed by atoms with Crippen LogP contribution in [0.1, 0.15) is 26.7 Å². The van der Waals surface area contributed by atoms with Gasteiger partial charge in [0, 0.05) is 18.5 Å². The molecular weight excluding hydrogens is 186 g/mol. The lowest BCUT2D eigenvalue weighted by atomic mass is 10.1. The van der Waals surface area contributed by atoms with Gasteiger partial charge in [-0.2, -0.15) is 0 Å². The van der Waals surface area contributed by atoms with Gasteiger partial charge in [0.25, 0.3) is 0 Å². The fourth-order valence-corrected chi connectivity index (χ4v) is 1.57. The quantitative estimate of drug-likeness (QED) is 0.448. The van der Waals surface area contributed by atoms with Gasteiger partial charge in [-0.15, -0.1) is 11.6 Å². The molecule has 0 aliphatic heterocycles. The highest BCUT2D eigenvalue weighted by atomic mass is 35.5. The van der Waals surface area contributed by atoms with Crippen LogP contribution in [0, 0.1) is 0 Å².